The van der Waals surface area contributed by atoms with Crippen molar-refractivity contribution in [3.63, 3.8) is 0 Å². The highest BCUT2D eigenvalue weighted by Gasteiger charge is 2.21. The molecule has 0 amide bonds. The van der Waals surface area contributed by atoms with Gasteiger partial charge in [0.25, 0.3) is 0 Å². The summed E-state index contributed by atoms with van der Waals surface area (Å²) in [6.45, 7) is 4.72. The lowest BCUT2D eigenvalue weighted by Gasteiger charge is -2.14. The minimum absolute atomic E-state index is 0.189. The molecule has 1 aromatic carbocycles. The fraction of sp³-hybridized carbons (Fsp3) is 0.500. The molecule has 2 rings (SSSR count). The highest BCUT2D eigenvalue weighted by molar-refractivity contribution is 5.75. The van der Waals surface area contributed by atoms with Crippen LogP contribution in [0.25, 0.3) is 0 Å². The fourth-order valence-electron chi connectivity index (χ4n) is 1.69. The van der Waals surface area contributed by atoms with E-state index in [0.29, 0.717) is 24.7 Å². The van der Waals surface area contributed by atoms with Gasteiger partial charge in [-0.1, -0.05) is 13.8 Å². The van der Waals surface area contributed by atoms with Crippen LogP contribution in [0.1, 0.15) is 25.7 Å². The van der Waals surface area contributed by atoms with Crippen LogP contribution in [-0.2, 0) is 14.3 Å². The van der Waals surface area contributed by atoms with E-state index < -0.39 is 0 Å². The van der Waals surface area contributed by atoms with Crippen molar-refractivity contribution < 1.29 is 23.7 Å². The van der Waals surface area contributed by atoms with Gasteiger partial charge in [0.1, 0.15) is 0 Å². The molecule has 1 heterocycles. The second kappa shape index (κ2) is 6.04. The maximum absolute atomic E-state index is 11.6. The van der Waals surface area contributed by atoms with E-state index in [0.717, 1.165) is 5.56 Å². The van der Waals surface area contributed by atoms with Gasteiger partial charge in [0, 0.05) is 5.56 Å². The van der Waals surface area contributed by atoms with Gasteiger partial charge in [-0.2, -0.15) is 0 Å². The third-order valence-corrected chi connectivity index (χ3v) is 2.76. The van der Waals surface area contributed by atoms with Gasteiger partial charge in [-0.3, -0.25) is 4.79 Å². The van der Waals surface area contributed by atoms with Gasteiger partial charge >= 0.3 is 5.97 Å². The van der Waals surface area contributed by atoms with Gasteiger partial charge in [0.2, 0.25) is 0 Å². The predicted octanol–water partition coefficient (Wildman–Crippen LogP) is 2.30. The number of benzene rings is 1. The summed E-state index contributed by atoms with van der Waals surface area (Å²) in [5.74, 6) is 0.416. The number of rotatable bonds is 4. The molecule has 1 saturated heterocycles. The van der Waals surface area contributed by atoms with Crippen molar-refractivity contribution >= 4 is 5.97 Å². The van der Waals surface area contributed by atoms with E-state index in [-0.39, 0.29) is 18.2 Å². The molecule has 1 aliphatic rings. The Hall–Kier alpha value is -1.59. The van der Waals surface area contributed by atoms with E-state index in [1.54, 1.807) is 32.0 Å². The zero-order valence-electron chi connectivity index (χ0n) is 11.3. The molecule has 19 heavy (non-hydrogen) atoms. The fourth-order valence-corrected chi connectivity index (χ4v) is 1.69. The lowest BCUT2D eigenvalue weighted by atomic mass is 10.2. The molecule has 0 aliphatic carbocycles. The molecule has 0 N–H and O–H groups in total. The summed E-state index contributed by atoms with van der Waals surface area (Å²) in [6.07, 6.45) is -0.372. The number of hydrogen-bond donors (Lipinski definition) is 0. The number of carbonyl (C=O) groups is 1. The Morgan fingerprint density at radius 3 is 2.53 bits per heavy atom. The minimum atomic E-state index is -0.372. The van der Waals surface area contributed by atoms with Crippen molar-refractivity contribution in [2.24, 2.45) is 5.92 Å². The summed E-state index contributed by atoms with van der Waals surface area (Å²) in [5, 5.41) is 0. The molecule has 0 aromatic heterocycles. The summed E-state index contributed by atoms with van der Waals surface area (Å²) in [5.41, 5.74) is 0.846. The van der Waals surface area contributed by atoms with Crippen LogP contribution in [0.4, 0.5) is 0 Å². The van der Waals surface area contributed by atoms with Crippen LogP contribution in [0, 0.1) is 5.92 Å². The maximum Gasteiger partial charge on any atom is 0.313 e. The first kappa shape index (κ1) is 13.8. The van der Waals surface area contributed by atoms with Crippen LogP contribution in [0.15, 0.2) is 18.2 Å². The summed E-state index contributed by atoms with van der Waals surface area (Å²) in [6, 6.07) is 5.26. The van der Waals surface area contributed by atoms with E-state index in [2.05, 4.69) is 0 Å². The lowest BCUT2D eigenvalue weighted by molar-refractivity contribution is -0.137. The molecule has 0 radical (unpaired) electrons. The monoisotopic (exact) mass is 266 g/mol. The minimum Gasteiger partial charge on any atom is -0.493 e. The van der Waals surface area contributed by atoms with Crippen LogP contribution < -0.4 is 9.47 Å². The Kier molecular flexibility index (Phi) is 4.39. The summed E-state index contributed by atoms with van der Waals surface area (Å²) in [7, 11) is 1.53. The molecule has 0 bridgehead atoms. The number of methoxy groups -OCH3 is 1. The molecule has 5 nitrogen and oxygen atoms in total. The van der Waals surface area contributed by atoms with Gasteiger partial charge in [0.15, 0.2) is 17.8 Å². The van der Waals surface area contributed by atoms with E-state index in [1.165, 1.54) is 7.11 Å². The van der Waals surface area contributed by atoms with Crippen LogP contribution in [0.5, 0.6) is 11.5 Å². The molecule has 1 aromatic rings. The van der Waals surface area contributed by atoms with Gasteiger partial charge < -0.3 is 18.9 Å². The van der Waals surface area contributed by atoms with E-state index >= 15 is 0 Å². The summed E-state index contributed by atoms with van der Waals surface area (Å²) < 4.78 is 21.3. The maximum atomic E-state index is 11.6. The number of hydrogen-bond acceptors (Lipinski definition) is 5. The molecule has 0 atom stereocenters. The summed E-state index contributed by atoms with van der Waals surface area (Å²) in [4.78, 5) is 11.6. The normalized spacial score (nSPS) is 15.8. The Morgan fingerprint density at radius 2 is 1.95 bits per heavy atom. The average Bonchev–Trinajstić information content (AvgIpc) is 2.93. The molecular weight excluding hydrogens is 248 g/mol. The molecule has 104 valence electrons. The van der Waals surface area contributed by atoms with Crippen molar-refractivity contribution in [3.8, 4) is 11.5 Å². The van der Waals surface area contributed by atoms with Crippen LogP contribution in [0.2, 0.25) is 0 Å². The third-order valence-electron chi connectivity index (χ3n) is 2.76. The highest BCUT2D eigenvalue weighted by Crippen LogP contribution is 2.33. The number of carbonyl (C=O) groups excluding carboxylic acids is 1. The predicted molar refractivity (Wildman–Crippen MR) is 68.1 cm³/mol. The second-order valence-electron chi connectivity index (χ2n) is 4.56. The zero-order valence-corrected chi connectivity index (χ0v) is 11.3. The van der Waals surface area contributed by atoms with Crippen molar-refractivity contribution in [1.82, 2.24) is 0 Å². The first-order valence-electron chi connectivity index (χ1n) is 6.24. The molecule has 0 spiro atoms. The zero-order chi connectivity index (χ0) is 13.8. The molecular formula is C14H18O5. The molecule has 1 fully saturated rings. The smallest absolute Gasteiger partial charge is 0.313 e. The van der Waals surface area contributed by atoms with Gasteiger partial charge in [0.05, 0.1) is 26.2 Å². The second-order valence-corrected chi connectivity index (χ2v) is 4.56. The van der Waals surface area contributed by atoms with Gasteiger partial charge in [-0.05, 0) is 18.2 Å². The van der Waals surface area contributed by atoms with E-state index in [9.17, 15) is 4.79 Å². The van der Waals surface area contributed by atoms with Crippen molar-refractivity contribution in [2.75, 3.05) is 20.3 Å². The molecule has 1 aliphatic heterocycles. The lowest BCUT2D eigenvalue weighted by Crippen LogP contribution is -2.15. The van der Waals surface area contributed by atoms with Crippen LogP contribution in [0.3, 0.4) is 0 Å². The molecule has 0 unspecified atom stereocenters. The number of esters is 1. The van der Waals surface area contributed by atoms with Crippen molar-refractivity contribution in [3.05, 3.63) is 23.8 Å². The first-order chi connectivity index (χ1) is 9.11. The standard InChI is InChI=1S/C14H18O5/c1-9(2)13(15)19-11-5-4-10(8-12(11)16-3)14-17-6-7-18-14/h4-5,8-9,14H,6-7H2,1-3H3. The summed E-state index contributed by atoms with van der Waals surface area (Å²) >= 11 is 0. The largest absolute Gasteiger partial charge is 0.493 e. The Balaban J connectivity index is 2.18. The van der Waals surface area contributed by atoms with E-state index in [1.807, 2.05) is 0 Å². The highest BCUT2D eigenvalue weighted by atomic mass is 16.7. The van der Waals surface area contributed by atoms with E-state index in [4.69, 9.17) is 18.9 Å². The Morgan fingerprint density at radius 1 is 1.26 bits per heavy atom. The number of ether oxygens (including phenoxy) is 4. The quantitative estimate of drug-likeness (QED) is 0.618. The Bertz CT molecular complexity index is 449. The Labute approximate surface area is 112 Å². The topological polar surface area (TPSA) is 54.0 Å². The average molecular weight is 266 g/mol. The molecule has 0 saturated carbocycles. The van der Waals surface area contributed by atoms with Crippen molar-refractivity contribution in [1.29, 1.82) is 0 Å². The SMILES string of the molecule is COc1cc(C2OCCO2)ccc1OC(=O)C(C)C. The third kappa shape index (κ3) is 3.24. The first-order valence-corrected chi connectivity index (χ1v) is 6.24. The molecule has 5 heteroatoms. The van der Waals surface area contributed by atoms with Gasteiger partial charge in [-0.15, -0.1) is 0 Å². The van der Waals surface area contributed by atoms with Crippen molar-refractivity contribution in [2.45, 2.75) is 20.1 Å². The van der Waals surface area contributed by atoms with Gasteiger partial charge in [-0.25, -0.2) is 0 Å². The van der Waals surface area contributed by atoms with Crippen LogP contribution in [-0.4, -0.2) is 26.3 Å². The van der Waals surface area contributed by atoms with Crippen LogP contribution >= 0.6 is 0 Å².